The normalized spacial score (nSPS) is 26.9. The van der Waals surface area contributed by atoms with Crippen molar-refractivity contribution in [2.45, 2.75) is 62.9 Å². The molecule has 1 atom stereocenters. The molecule has 2 saturated heterocycles. The number of carboxylic acid groups (broad SMARTS) is 1. The fraction of sp³-hybridized carbons (Fsp3) is 0.900. The monoisotopic (exact) mass is 381 g/mol. The van der Waals surface area contributed by atoms with Crippen molar-refractivity contribution in [3.05, 3.63) is 0 Å². The van der Waals surface area contributed by atoms with Gasteiger partial charge in [-0.1, -0.05) is 12.8 Å². The Kier molecular flexibility index (Phi) is 7.11. The van der Waals surface area contributed by atoms with E-state index >= 15 is 0 Å². The van der Waals surface area contributed by atoms with Crippen LogP contribution in [0.4, 0.5) is 0 Å². The van der Waals surface area contributed by atoms with Crippen molar-refractivity contribution in [2.75, 3.05) is 53.0 Å². The topological polar surface area (TPSA) is 73.3 Å². The van der Waals surface area contributed by atoms with Gasteiger partial charge in [-0.05, 0) is 39.2 Å². The fourth-order valence-corrected chi connectivity index (χ4v) is 5.18. The predicted octanol–water partition coefficient (Wildman–Crippen LogP) is 1.42. The highest BCUT2D eigenvalue weighted by molar-refractivity contribution is 5.77. The van der Waals surface area contributed by atoms with E-state index in [1.807, 2.05) is 16.8 Å². The molecule has 1 N–H and O–H groups in total. The van der Waals surface area contributed by atoms with Gasteiger partial charge in [-0.25, -0.2) is 0 Å². The van der Waals surface area contributed by atoms with Crippen molar-refractivity contribution in [3.63, 3.8) is 0 Å². The molecule has 1 saturated carbocycles. The van der Waals surface area contributed by atoms with Gasteiger partial charge >= 0.3 is 5.97 Å². The van der Waals surface area contributed by atoms with E-state index in [1.54, 1.807) is 0 Å². The van der Waals surface area contributed by atoms with Crippen molar-refractivity contribution in [1.82, 2.24) is 14.7 Å². The first-order valence-corrected chi connectivity index (χ1v) is 10.5. The third-order valence-corrected chi connectivity index (χ3v) is 6.75. The average Bonchev–Trinajstić information content (AvgIpc) is 2.98. The Balaban J connectivity index is 1.57. The number of morpholine rings is 1. The Labute approximate surface area is 162 Å². The molecule has 1 aliphatic carbocycles. The Bertz CT molecular complexity index is 515. The molecule has 154 valence electrons. The van der Waals surface area contributed by atoms with E-state index in [9.17, 15) is 9.59 Å². The fourth-order valence-electron chi connectivity index (χ4n) is 5.18. The van der Waals surface area contributed by atoms with Gasteiger partial charge in [-0.2, -0.15) is 0 Å². The second kappa shape index (κ2) is 9.34. The summed E-state index contributed by atoms with van der Waals surface area (Å²) in [5, 5.41) is 9.02. The number of carbonyl (C=O) groups excluding carboxylic acids is 1. The van der Waals surface area contributed by atoms with Crippen LogP contribution in [-0.2, 0) is 14.3 Å². The van der Waals surface area contributed by atoms with Crippen molar-refractivity contribution in [2.24, 2.45) is 0 Å². The lowest BCUT2D eigenvalue weighted by molar-refractivity contribution is -0.139. The number of hydrogen-bond acceptors (Lipinski definition) is 5. The highest BCUT2D eigenvalue weighted by atomic mass is 16.5. The Morgan fingerprint density at radius 2 is 1.78 bits per heavy atom. The molecule has 0 bridgehead atoms. The molecule has 0 aromatic rings. The van der Waals surface area contributed by atoms with Gasteiger partial charge in [-0.15, -0.1) is 0 Å². The largest absolute Gasteiger partial charge is 0.480 e. The Hall–Kier alpha value is -1.18. The van der Waals surface area contributed by atoms with Gasteiger partial charge in [0, 0.05) is 44.2 Å². The summed E-state index contributed by atoms with van der Waals surface area (Å²) >= 11 is 0. The quantitative estimate of drug-likeness (QED) is 0.750. The predicted molar refractivity (Wildman–Crippen MR) is 103 cm³/mol. The molecule has 3 aliphatic rings. The third kappa shape index (κ3) is 5.21. The number of carbonyl (C=O) groups is 2. The van der Waals surface area contributed by atoms with Crippen molar-refractivity contribution >= 4 is 11.9 Å². The Morgan fingerprint density at radius 3 is 2.44 bits per heavy atom. The molecule has 1 amide bonds. The smallest absolute Gasteiger partial charge is 0.317 e. The molecule has 3 rings (SSSR count). The third-order valence-electron chi connectivity index (χ3n) is 6.75. The number of carboxylic acids is 1. The molecule has 7 nitrogen and oxygen atoms in total. The lowest BCUT2D eigenvalue weighted by atomic mass is 9.89. The highest BCUT2D eigenvalue weighted by Crippen LogP contribution is 2.39. The van der Waals surface area contributed by atoms with Gasteiger partial charge in [0.05, 0.1) is 19.8 Å². The summed E-state index contributed by atoms with van der Waals surface area (Å²) in [6, 6.07) is 0.249. The van der Waals surface area contributed by atoms with E-state index < -0.39 is 5.97 Å². The van der Waals surface area contributed by atoms with Crippen LogP contribution in [0.5, 0.6) is 0 Å². The maximum Gasteiger partial charge on any atom is 0.317 e. The molecule has 2 heterocycles. The minimum Gasteiger partial charge on any atom is -0.480 e. The van der Waals surface area contributed by atoms with Gasteiger partial charge < -0.3 is 14.7 Å². The molecule has 3 fully saturated rings. The Morgan fingerprint density at radius 1 is 1.07 bits per heavy atom. The highest BCUT2D eigenvalue weighted by Gasteiger charge is 2.42. The number of hydrogen-bond donors (Lipinski definition) is 1. The van der Waals surface area contributed by atoms with Crippen LogP contribution in [0, 0.1) is 0 Å². The van der Waals surface area contributed by atoms with Crippen LogP contribution in [0.2, 0.25) is 0 Å². The van der Waals surface area contributed by atoms with Crippen LogP contribution in [0.15, 0.2) is 0 Å². The molecule has 7 heteroatoms. The van der Waals surface area contributed by atoms with Crippen LogP contribution < -0.4 is 0 Å². The molecule has 1 unspecified atom stereocenters. The molecule has 2 aliphatic heterocycles. The number of nitrogens with zero attached hydrogens (tertiary/aromatic N) is 3. The summed E-state index contributed by atoms with van der Waals surface area (Å²) in [5.41, 5.74) is 0.0344. The second-order valence-corrected chi connectivity index (χ2v) is 8.48. The van der Waals surface area contributed by atoms with E-state index in [0.29, 0.717) is 6.42 Å². The van der Waals surface area contributed by atoms with E-state index in [1.165, 1.54) is 12.8 Å². The number of aliphatic carboxylic acids is 1. The van der Waals surface area contributed by atoms with Crippen LogP contribution in [-0.4, -0.2) is 96.2 Å². The maximum absolute atomic E-state index is 13.2. The summed E-state index contributed by atoms with van der Waals surface area (Å²) < 4.78 is 5.52. The zero-order chi connectivity index (χ0) is 19.3. The minimum absolute atomic E-state index is 0.0344. The molecule has 0 aromatic carbocycles. The number of likely N-dealkylation sites (N-methyl/N-ethyl adjacent to an activating group) is 1. The van der Waals surface area contributed by atoms with Gasteiger partial charge in [0.1, 0.15) is 0 Å². The van der Waals surface area contributed by atoms with Crippen LogP contribution in [0.25, 0.3) is 0 Å². The average molecular weight is 382 g/mol. The molecule has 0 radical (unpaired) electrons. The summed E-state index contributed by atoms with van der Waals surface area (Å²) in [6.07, 6.45) is 8.07. The standard InChI is InChI=1S/C20H35N3O4/c1-21(16-19(25)26)17-5-4-9-22(10-6-17)18(24)15-20(7-2-3-8-20)23-11-13-27-14-12-23/h17H,2-16H2,1H3,(H,25,26). The summed E-state index contributed by atoms with van der Waals surface area (Å²) in [6.45, 7) is 5.04. The van der Waals surface area contributed by atoms with E-state index in [0.717, 1.165) is 71.5 Å². The second-order valence-electron chi connectivity index (χ2n) is 8.48. The lowest BCUT2D eigenvalue weighted by Gasteiger charge is -2.44. The van der Waals surface area contributed by atoms with Crippen molar-refractivity contribution < 1.29 is 19.4 Å². The van der Waals surface area contributed by atoms with Gasteiger partial charge in [0.2, 0.25) is 5.91 Å². The van der Waals surface area contributed by atoms with Crippen molar-refractivity contribution in [3.8, 4) is 0 Å². The molecule has 0 spiro atoms. The van der Waals surface area contributed by atoms with E-state index in [2.05, 4.69) is 4.90 Å². The lowest BCUT2D eigenvalue weighted by Crippen LogP contribution is -2.54. The first kappa shape index (κ1) is 20.6. The van der Waals surface area contributed by atoms with Crippen LogP contribution in [0.3, 0.4) is 0 Å². The SMILES string of the molecule is CN(CC(=O)O)C1CCCN(C(=O)CC2(N3CCOCC3)CCCC2)CC1. The van der Waals surface area contributed by atoms with E-state index in [-0.39, 0.29) is 24.0 Å². The zero-order valence-corrected chi connectivity index (χ0v) is 16.7. The van der Waals surface area contributed by atoms with Gasteiger partial charge in [0.15, 0.2) is 0 Å². The summed E-state index contributed by atoms with van der Waals surface area (Å²) in [5.74, 6) is -0.506. The van der Waals surface area contributed by atoms with Crippen LogP contribution in [0.1, 0.15) is 51.4 Å². The van der Waals surface area contributed by atoms with Gasteiger partial charge in [-0.3, -0.25) is 19.4 Å². The van der Waals surface area contributed by atoms with E-state index in [4.69, 9.17) is 9.84 Å². The zero-order valence-electron chi connectivity index (χ0n) is 16.7. The minimum atomic E-state index is -0.789. The molecule has 0 aromatic heterocycles. The van der Waals surface area contributed by atoms with Crippen LogP contribution >= 0.6 is 0 Å². The van der Waals surface area contributed by atoms with Gasteiger partial charge in [0.25, 0.3) is 0 Å². The first-order chi connectivity index (χ1) is 13.0. The maximum atomic E-state index is 13.2. The number of rotatable bonds is 6. The van der Waals surface area contributed by atoms with Crippen molar-refractivity contribution in [1.29, 1.82) is 0 Å². The number of amides is 1. The summed E-state index contributed by atoms with van der Waals surface area (Å²) in [4.78, 5) is 30.6. The number of likely N-dealkylation sites (tertiary alicyclic amines) is 1. The summed E-state index contributed by atoms with van der Waals surface area (Å²) in [7, 11) is 1.88. The number of ether oxygens (including phenoxy) is 1. The molecular formula is C20H35N3O4. The molecule has 27 heavy (non-hydrogen) atoms. The molecular weight excluding hydrogens is 346 g/mol. The first-order valence-electron chi connectivity index (χ1n) is 10.5.